The van der Waals surface area contributed by atoms with Gasteiger partial charge in [0.15, 0.2) is 0 Å². The van der Waals surface area contributed by atoms with Crippen LogP contribution < -0.4 is 4.90 Å². The van der Waals surface area contributed by atoms with E-state index in [0.29, 0.717) is 0 Å². The minimum Gasteiger partial charge on any atom is -0.456 e. The van der Waals surface area contributed by atoms with Gasteiger partial charge >= 0.3 is 0 Å². The van der Waals surface area contributed by atoms with Gasteiger partial charge in [0, 0.05) is 33.2 Å². The van der Waals surface area contributed by atoms with E-state index in [0.717, 1.165) is 39.0 Å². The third kappa shape index (κ3) is 5.26. The van der Waals surface area contributed by atoms with Gasteiger partial charge < -0.3 is 9.32 Å². The fourth-order valence-electron chi connectivity index (χ4n) is 8.29. The van der Waals surface area contributed by atoms with Crippen LogP contribution in [0.5, 0.6) is 0 Å². The largest absolute Gasteiger partial charge is 0.456 e. The Balaban J connectivity index is 0.932. The molecule has 1 aromatic heterocycles. The summed E-state index contributed by atoms with van der Waals surface area (Å²) in [6, 6.07) is 67.8. The maximum Gasteiger partial charge on any atom is 0.135 e. The molecule has 0 spiro atoms. The van der Waals surface area contributed by atoms with Crippen molar-refractivity contribution < 1.29 is 4.42 Å². The number of anilines is 3. The van der Waals surface area contributed by atoms with Crippen molar-refractivity contribution in [2.24, 2.45) is 0 Å². The molecule has 0 saturated heterocycles. The summed E-state index contributed by atoms with van der Waals surface area (Å²) in [5.74, 6) is 0. The lowest BCUT2D eigenvalue weighted by Gasteiger charge is -2.26. The lowest BCUT2D eigenvalue weighted by atomic mass is 9.82. The minimum atomic E-state index is 0.0203. The summed E-state index contributed by atoms with van der Waals surface area (Å²) in [7, 11) is 0. The average Bonchev–Trinajstić information content (AvgIpc) is 3.70. The molecule has 1 aliphatic carbocycles. The van der Waals surface area contributed by atoms with Crippen LogP contribution in [0.15, 0.2) is 192 Å². The van der Waals surface area contributed by atoms with Gasteiger partial charge in [-0.1, -0.05) is 141 Å². The molecule has 0 amide bonds. The van der Waals surface area contributed by atoms with Crippen molar-refractivity contribution in [2.75, 3.05) is 4.90 Å². The molecule has 10 rings (SSSR count). The van der Waals surface area contributed by atoms with Crippen molar-refractivity contribution in [3.63, 3.8) is 0 Å². The molecule has 53 heavy (non-hydrogen) atoms. The number of benzene rings is 8. The van der Waals surface area contributed by atoms with Crippen molar-refractivity contribution in [1.82, 2.24) is 0 Å². The highest BCUT2D eigenvalue weighted by atomic mass is 16.3. The molecule has 0 saturated carbocycles. The fraction of sp³-hybridized carbons (Fsp3) is 0.0588. The highest BCUT2D eigenvalue weighted by Gasteiger charge is 2.35. The quantitative estimate of drug-likeness (QED) is 0.174. The smallest absolute Gasteiger partial charge is 0.135 e. The second kappa shape index (κ2) is 12.3. The second-order valence-electron chi connectivity index (χ2n) is 14.6. The minimum absolute atomic E-state index is 0.0203. The van der Waals surface area contributed by atoms with Gasteiger partial charge in [0.25, 0.3) is 0 Å². The van der Waals surface area contributed by atoms with E-state index in [4.69, 9.17) is 4.42 Å². The van der Waals surface area contributed by atoms with E-state index in [1.165, 1.54) is 55.6 Å². The summed E-state index contributed by atoms with van der Waals surface area (Å²) >= 11 is 0. The third-order valence-electron chi connectivity index (χ3n) is 11.1. The molecule has 2 nitrogen and oxygen atoms in total. The van der Waals surface area contributed by atoms with E-state index in [9.17, 15) is 0 Å². The normalized spacial score (nSPS) is 12.9. The van der Waals surface area contributed by atoms with E-state index in [1.807, 2.05) is 12.1 Å². The molecule has 0 N–H and O–H groups in total. The zero-order chi connectivity index (χ0) is 35.5. The Morgan fingerprint density at radius 3 is 1.53 bits per heavy atom. The second-order valence-corrected chi connectivity index (χ2v) is 14.6. The molecule has 0 fully saturated rings. The van der Waals surface area contributed by atoms with Gasteiger partial charge in [0.05, 0.1) is 0 Å². The zero-order valence-electron chi connectivity index (χ0n) is 29.8. The summed E-state index contributed by atoms with van der Waals surface area (Å²) in [5.41, 5.74) is 17.9. The van der Waals surface area contributed by atoms with Gasteiger partial charge in [-0.2, -0.15) is 0 Å². The fourth-order valence-corrected chi connectivity index (χ4v) is 8.29. The van der Waals surface area contributed by atoms with E-state index in [2.05, 4.69) is 195 Å². The average molecular weight is 680 g/mol. The molecule has 252 valence electrons. The number of nitrogens with zero attached hydrogens (tertiary/aromatic N) is 1. The first-order chi connectivity index (χ1) is 26.0. The predicted molar refractivity (Wildman–Crippen MR) is 222 cm³/mol. The summed E-state index contributed by atoms with van der Waals surface area (Å²) < 4.78 is 6.07. The topological polar surface area (TPSA) is 16.4 Å². The number of rotatable bonds is 6. The third-order valence-corrected chi connectivity index (χ3v) is 11.1. The molecule has 0 radical (unpaired) electrons. The number of hydrogen-bond donors (Lipinski definition) is 0. The Morgan fingerprint density at radius 1 is 0.358 bits per heavy atom. The van der Waals surface area contributed by atoms with Crippen LogP contribution in [0.4, 0.5) is 17.1 Å². The van der Waals surface area contributed by atoms with Crippen LogP contribution in [-0.2, 0) is 5.41 Å². The highest BCUT2D eigenvalue weighted by Crippen LogP contribution is 2.49. The summed E-state index contributed by atoms with van der Waals surface area (Å²) in [6.07, 6.45) is 0. The van der Waals surface area contributed by atoms with Gasteiger partial charge in [0.1, 0.15) is 11.2 Å². The lowest BCUT2D eigenvalue weighted by molar-refractivity contribution is 0.660. The molecule has 8 aromatic carbocycles. The van der Waals surface area contributed by atoms with Crippen molar-refractivity contribution in [3.05, 3.63) is 199 Å². The van der Waals surface area contributed by atoms with E-state index >= 15 is 0 Å². The molecular formula is C51H37NO. The molecular weight excluding hydrogens is 643 g/mol. The van der Waals surface area contributed by atoms with Crippen molar-refractivity contribution in [2.45, 2.75) is 19.3 Å². The maximum absolute atomic E-state index is 6.07. The molecule has 0 atom stereocenters. The lowest BCUT2D eigenvalue weighted by Crippen LogP contribution is -2.14. The van der Waals surface area contributed by atoms with E-state index in [-0.39, 0.29) is 5.41 Å². The molecule has 0 bridgehead atoms. The van der Waals surface area contributed by atoms with Crippen LogP contribution in [0, 0.1) is 0 Å². The Labute approximate surface area is 310 Å². The number of hydrogen-bond acceptors (Lipinski definition) is 2. The Hall–Kier alpha value is -6.64. The summed E-state index contributed by atoms with van der Waals surface area (Å²) in [5, 5.41) is 2.28. The van der Waals surface area contributed by atoms with E-state index < -0.39 is 0 Å². The van der Waals surface area contributed by atoms with Gasteiger partial charge in [-0.15, -0.1) is 0 Å². The van der Waals surface area contributed by atoms with Gasteiger partial charge in [-0.25, -0.2) is 0 Å². The highest BCUT2D eigenvalue weighted by molar-refractivity contribution is 6.06. The Bertz CT molecular complexity index is 2770. The summed E-state index contributed by atoms with van der Waals surface area (Å²) in [4.78, 5) is 2.32. The van der Waals surface area contributed by atoms with Gasteiger partial charge in [-0.05, 0) is 116 Å². The van der Waals surface area contributed by atoms with Crippen molar-refractivity contribution in [3.8, 4) is 44.5 Å². The predicted octanol–water partition coefficient (Wildman–Crippen LogP) is 14.4. The number of fused-ring (bicyclic) bond motifs is 6. The van der Waals surface area contributed by atoms with Crippen LogP contribution in [-0.4, -0.2) is 0 Å². The van der Waals surface area contributed by atoms with Crippen LogP contribution in [0.1, 0.15) is 25.0 Å². The first-order valence-corrected chi connectivity index (χ1v) is 18.3. The van der Waals surface area contributed by atoms with Crippen molar-refractivity contribution >= 4 is 39.0 Å². The van der Waals surface area contributed by atoms with Gasteiger partial charge in [0.2, 0.25) is 0 Å². The van der Waals surface area contributed by atoms with Crippen LogP contribution >= 0.6 is 0 Å². The standard InChI is InChI=1S/C51H37NO/c1-51(2)47-14-8-6-12-43(47)45-32-38(24-30-48(45)51)36-18-16-34(17-19-36)35-20-26-41(27-21-35)52(40-10-4-3-5-11-40)42-28-22-37(23-29-42)39-25-31-50-46(33-39)44-13-7-9-15-49(44)53-50/h3-33H,1-2H3. The SMILES string of the molecule is CC1(C)c2ccccc2-c2cc(-c3ccc(-c4ccc(N(c5ccccc5)c5ccc(-c6ccc7oc8ccccc8c7c6)cc5)cc4)cc3)ccc21. The molecule has 9 aromatic rings. The number of para-hydroxylation sites is 2. The molecule has 2 heteroatoms. The zero-order valence-corrected chi connectivity index (χ0v) is 29.8. The first kappa shape index (κ1) is 31.1. The monoisotopic (exact) mass is 679 g/mol. The Morgan fingerprint density at radius 2 is 0.830 bits per heavy atom. The van der Waals surface area contributed by atoms with Gasteiger partial charge in [-0.3, -0.25) is 0 Å². The van der Waals surface area contributed by atoms with E-state index in [1.54, 1.807) is 0 Å². The maximum atomic E-state index is 6.07. The Kier molecular flexibility index (Phi) is 7.19. The van der Waals surface area contributed by atoms with Crippen LogP contribution in [0.3, 0.4) is 0 Å². The molecule has 0 unspecified atom stereocenters. The molecule has 1 aliphatic rings. The summed E-state index contributed by atoms with van der Waals surface area (Å²) in [6.45, 7) is 4.66. The van der Waals surface area contributed by atoms with Crippen LogP contribution in [0.25, 0.3) is 66.4 Å². The molecule has 1 heterocycles. The first-order valence-electron chi connectivity index (χ1n) is 18.3. The molecule has 0 aliphatic heterocycles. The van der Waals surface area contributed by atoms with Crippen LogP contribution in [0.2, 0.25) is 0 Å². The van der Waals surface area contributed by atoms with Crippen molar-refractivity contribution in [1.29, 1.82) is 0 Å². The number of furan rings is 1.